The van der Waals surface area contributed by atoms with Crippen LogP contribution in [0.25, 0.3) is 11.1 Å². The first-order valence-electron chi connectivity index (χ1n) is 11.5. The van der Waals surface area contributed by atoms with Gasteiger partial charge in [0.2, 0.25) is 5.91 Å². The van der Waals surface area contributed by atoms with Gasteiger partial charge in [0.15, 0.2) is 0 Å². The maximum atomic E-state index is 13.1. The average Bonchev–Trinajstić information content (AvgIpc) is 3.39. The van der Waals surface area contributed by atoms with Crippen LogP contribution in [0, 0.1) is 5.92 Å². The molecule has 0 heterocycles. The Hall–Kier alpha value is -3.35. The van der Waals surface area contributed by atoms with Gasteiger partial charge in [-0.15, -0.1) is 0 Å². The second-order valence-electron chi connectivity index (χ2n) is 9.27. The molecule has 174 valence electrons. The third kappa shape index (κ3) is 4.45. The first-order valence-corrected chi connectivity index (χ1v) is 11.5. The van der Waals surface area contributed by atoms with Crippen molar-refractivity contribution in [1.82, 2.24) is 10.6 Å². The van der Waals surface area contributed by atoms with Gasteiger partial charge in [0.25, 0.3) is 0 Å². The van der Waals surface area contributed by atoms with Crippen molar-refractivity contribution in [3.8, 4) is 11.1 Å². The predicted octanol–water partition coefficient (Wildman–Crippen LogP) is 4.06. The smallest absolute Gasteiger partial charge is 0.408 e. The molecule has 2 aromatic carbocycles. The highest BCUT2D eigenvalue weighted by Crippen LogP contribution is 2.44. The predicted molar refractivity (Wildman–Crippen MR) is 124 cm³/mol. The summed E-state index contributed by atoms with van der Waals surface area (Å²) in [6.07, 6.45) is 1.79. The molecule has 0 spiro atoms. The lowest BCUT2D eigenvalue weighted by Crippen LogP contribution is -2.60. The van der Waals surface area contributed by atoms with Crippen molar-refractivity contribution in [3.63, 3.8) is 0 Å². The Balaban J connectivity index is 1.45. The third-order valence-electron chi connectivity index (χ3n) is 6.80. The zero-order valence-corrected chi connectivity index (χ0v) is 19.0. The molecule has 0 aliphatic heterocycles. The fourth-order valence-corrected chi connectivity index (χ4v) is 5.01. The number of hydrogen-bond donors (Lipinski definition) is 3. The fraction of sp³-hybridized carbons (Fsp3) is 0.423. The molecule has 0 radical (unpaired) electrons. The molecule has 1 fully saturated rings. The maximum Gasteiger partial charge on any atom is 0.408 e. The van der Waals surface area contributed by atoms with Gasteiger partial charge in [0.1, 0.15) is 18.2 Å². The first-order chi connectivity index (χ1) is 15.8. The van der Waals surface area contributed by atoms with Crippen LogP contribution in [-0.2, 0) is 14.3 Å². The fourth-order valence-electron chi connectivity index (χ4n) is 5.01. The summed E-state index contributed by atoms with van der Waals surface area (Å²) < 4.78 is 5.63. The summed E-state index contributed by atoms with van der Waals surface area (Å²) in [6, 6.07) is 15.2. The summed E-state index contributed by atoms with van der Waals surface area (Å²) >= 11 is 0. The van der Waals surface area contributed by atoms with Gasteiger partial charge in [0, 0.05) is 5.92 Å². The monoisotopic (exact) mass is 450 g/mol. The van der Waals surface area contributed by atoms with E-state index in [-0.39, 0.29) is 18.4 Å². The molecule has 3 N–H and O–H groups in total. The highest BCUT2D eigenvalue weighted by Gasteiger charge is 2.44. The van der Waals surface area contributed by atoms with E-state index in [1.807, 2.05) is 36.4 Å². The van der Waals surface area contributed by atoms with Crippen LogP contribution in [-0.4, -0.2) is 41.3 Å². The normalized spacial score (nSPS) is 17.2. The Bertz CT molecular complexity index is 1010. The number of carboxylic acid groups (broad SMARTS) is 1. The summed E-state index contributed by atoms with van der Waals surface area (Å²) in [5, 5.41) is 14.8. The number of amides is 2. The summed E-state index contributed by atoms with van der Waals surface area (Å²) in [6.45, 7) is 3.63. The molecule has 0 unspecified atom stereocenters. The van der Waals surface area contributed by atoms with Gasteiger partial charge in [-0.1, -0.05) is 75.2 Å². The SMILES string of the molecule is CC(C)[C@H](NC(=O)C1(NC(=O)OCC2c3ccccc3-c3ccccc32)CCCC1)C(=O)O. The minimum atomic E-state index is -1.15. The molecule has 7 heteroatoms. The lowest BCUT2D eigenvalue weighted by molar-refractivity contribution is -0.144. The Morgan fingerprint density at radius 3 is 2.06 bits per heavy atom. The number of carbonyl (C=O) groups excluding carboxylic acids is 2. The minimum Gasteiger partial charge on any atom is -0.480 e. The largest absolute Gasteiger partial charge is 0.480 e. The lowest BCUT2D eigenvalue weighted by atomic mass is 9.94. The Morgan fingerprint density at radius 1 is 1.00 bits per heavy atom. The van der Waals surface area contributed by atoms with E-state index in [2.05, 4.69) is 22.8 Å². The molecule has 0 saturated heterocycles. The second kappa shape index (κ2) is 9.25. The van der Waals surface area contributed by atoms with Crippen molar-refractivity contribution in [1.29, 1.82) is 0 Å². The molecule has 0 bridgehead atoms. The Kier molecular flexibility index (Phi) is 6.40. The van der Waals surface area contributed by atoms with Gasteiger partial charge in [0.05, 0.1) is 0 Å². The lowest BCUT2D eigenvalue weighted by Gasteiger charge is -2.31. The highest BCUT2D eigenvalue weighted by molar-refractivity contribution is 5.93. The summed E-state index contributed by atoms with van der Waals surface area (Å²) in [4.78, 5) is 37.4. The van der Waals surface area contributed by atoms with Crippen molar-refractivity contribution in [3.05, 3.63) is 59.7 Å². The van der Waals surface area contributed by atoms with Crippen LogP contribution in [0.15, 0.2) is 48.5 Å². The number of ether oxygens (including phenoxy) is 1. The molecular formula is C26H30N2O5. The van der Waals surface area contributed by atoms with Crippen molar-refractivity contribution in [2.75, 3.05) is 6.61 Å². The zero-order valence-electron chi connectivity index (χ0n) is 19.0. The van der Waals surface area contributed by atoms with Gasteiger partial charge in [-0.3, -0.25) is 4.79 Å². The van der Waals surface area contributed by atoms with E-state index >= 15 is 0 Å². The van der Waals surface area contributed by atoms with Crippen LogP contribution in [0.5, 0.6) is 0 Å². The van der Waals surface area contributed by atoms with Gasteiger partial charge in [-0.25, -0.2) is 9.59 Å². The summed E-state index contributed by atoms with van der Waals surface area (Å²) in [5.41, 5.74) is 3.36. The van der Waals surface area contributed by atoms with Crippen molar-refractivity contribution in [2.45, 2.75) is 57.0 Å². The number of aliphatic carboxylic acids is 1. The molecular weight excluding hydrogens is 420 g/mol. The van der Waals surface area contributed by atoms with Gasteiger partial charge in [-0.2, -0.15) is 0 Å². The molecule has 2 aromatic rings. The number of fused-ring (bicyclic) bond motifs is 3. The zero-order chi connectivity index (χ0) is 23.6. The first kappa shape index (κ1) is 22.8. The molecule has 2 aliphatic carbocycles. The number of carboxylic acids is 1. The minimum absolute atomic E-state index is 0.0752. The molecule has 1 saturated carbocycles. The van der Waals surface area contributed by atoms with E-state index in [9.17, 15) is 19.5 Å². The standard InChI is InChI=1S/C26H30N2O5/c1-16(2)22(23(29)30)27-24(31)26(13-7-8-14-26)28-25(32)33-15-21-19-11-5-3-9-17(19)18-10-4-6-12-20(18)21/h3-6,9-12,16,21-22H,7-8,13-15H2,1-2H3,(H,27,31)(H,28,32)(H,29,30)/t22-/m0/s1. The average molecular weight is 451 g/mol. The number of alkyl carbamates (subject to hydrolysis) is 1. The van der Waals surface area contributed by atoms with Crippen LogP contribution >= 0.6 is 0 Å². The molecule has 33 heavy (non-hydrogen) atoms. The molecule has 2 amide bonds. The van der Waals surface area contributed by atoms with E-state index in [0.29, 0.717) is 12.8 Å². The third-order valence-corrected chi connectivity index (χ3v) is 6.80. The highest BCUT2D eigenvalue weighted by atomic mass is 16.5. The quantitative estimate of drug-likeness (QED) is 0.590. The van der Waals surface area contributed by atoms with E-state index in [4.69, 9.17) is 4.74 Å². The van der Waals surface area contributed by atoms with Gasteiger partial charge in [-0.05, 0) is 41.0 Å². The van der Waals surface area contributed by atoms with Crippen LogP contribution in [0.1, 0.15) is 56.6 Å². The summed E-state index contributed by atoms with van der Waals surface area (Å²) in [5.74, 6) is -1.91. The number of benzene rings is 2. The van der Waals surface area contributed by atoms with Gasteiger partial charge >= 0.3 is 12.1 Å². The van der Waals surface area contributed by atoms with Crippen LogP contribution in [0.2, 0.25) is 0 Å². The number of hydrogen-bond acceptors (Lipinski definition) is 4. The topological polar surface area (TPSA) is 105 Å². The number of carbonyl (C=O) groups is 3. The van der Waals surface area contributed by atoms with Crippen molar-refractivity contribution in [2.24, 2.45) is 5.92 Å². The van der Waals surface area contributed by atoms with Crippen LogP contribution in [0.3, 0.4) is 0 Å². The summed E-state index contributed by atoms with van der Waals surface area (Å²) in [7, 11) is 0. The van der Waals surface area contributed by atoms with E-state index in [1.165, 1.54) is 0 Å². The maximum absolute atomic E-state index is 13.1. The Morgan fingerprint density at radius 2 is 1.55 bits per heavy atom. The molecule has 1 atom stereocenters. The van der Waals surface area contributed by atoms with E-state index in [1.54, 1.807) is 13.8 Å². The molecule has 7 nitrogen and oxygen atoms in total. The molecule has 4 rings (SSSR count). The van der Waals surface area contributed by atoms with Crippen molar-refractivity contribution < 1.29 is 24.2 Å². The van der Waals surface area contributed by atoms with E-state index < -0.39 is 29.6 Å². The molecule has 0 aromatic heterocycles. The van der Waals surface area contributed by atoms with Gasteiger partial charge < -0.3 is 20.5 Å². The number of nitrogens with one attached hydrogen (secondary N) is 2. The van der Waals surface area contributed by atoms with Crippen LogP contribution < -0.4 is 10.6 Å². The Labute approximate surface area is 193 Å². The van der Waals surface area contributed by atoms with E-state index in [0.717, 1.165) is 35.1 Å². The van der Waals surface area contributed by atoms with Crippen LogP contribution in [0.4, 0.5) is 4.79 Å². The number of rotatable bonds is 7. The molecule has 2 aliphatic rings. The van der Waals surface area contributed by atoms with Crippen molar-refractivity contribution >= 4 is 18.0 Å². The second-order valence-corrected chi connectivity index (χ2v) is 9.27.